The number of amides is 1. The Hall–Kier alpha value is -2.61. The van der Waals surface area contributed by atoms with Crippen LogP contribution in [0.15, 0.2) is 29.2 Å². The lowest BCUT2D eigenvalue weighted by molar-refractivity contribution is -0.118. The summed E-state index contributed by atoms with van der Waals surface area (Å²) in [5.41, 5.74) is 0.561. The van der Waals surface area contributed by atoms with Crippen molar-refractivity contribution in [2.45, 2.75) is 6.92 Å². The van der Waals surface area contributed by atoms with Gasteiger partial charge in [0.25, 0.3) is 5.56 Å². The lowest BCUT2D eigenvalue weighted by Crippen LogP contribution is -2.19. The van der Waals surface area contributed by atoms with Crippen LogP contribution in [-0.4, -0.2) is 22.6 Å². The van der Waals surface area contributed by atoms with E-state index < -0.39 is 0 Å². The SMILES string of the molecule is CC(=O)NCC#Cc1ccc2c(=O)[nH]ncc2c1. The molecular formula is C13H11N3O2. The second-order valence-corrected chi connectivity index (χ2v) is 3.71. The highest BCUT2D eigenvalue weighted by atomic mass is 16.1. The largest absolute Gasteiger partial charge is 0.345 e. The molecule has 1 heterocycles. The molecule has 0 unspecified atom stereocenters. The summed E-state index contributed by atoms with van der Waals surface area (Å²) in [7, 11) is 0. The quantitative estimate of drug-likeness (QED) is 0.710. The molecule has 1 aromatic carbocycles. The minimum atomic E-state index is -0.217. The molecule has 0 atom stereocenters. The topological polar surface area (TPSA) is 74.8 Å². The van der Waals surface area contributed by atoms with Crippen LogP contribution in [0.4, 0.5) is 0 Å². The Bertz CT molecular complexity index is 707. The smallest absolute Gasteiger partial charge is 0.272 e. The summed E-state index contributed by atoms with van der Waals surface area (Å²) in [5.74, 6) is 5.62. The van der Waals surface area contributed by atoms with Crippen molar-refractivity contribution in [2.75, 3.05) is 6.54 Å². The first kappa shape index (κ1) is 11.9. The summed E-state index contributed by atoms with van der Waals surface area (Å²) in [5, 5.41) is 10.0. The van der Waals surface area contributed by atoms with Crippen LogP contribution in [0.25, 0.3) is 10.8 Å². The number of carbonyl (C=O) groups excluding carboxylic acids is 1. The van der Waals surface area contributed by atoms with Crippen LogP contribution in [0, 0.1) is 11.8 Å². The Morgan fingerprint density at radius 3 is 3.11 bits per heavy atom. The zero-order valence-electron chi connectivity index (χ0n) is 9.78. The fourth-order valence-corrected chi connectivity index (χ4v) is 1.49. The summed E-state index contributed by atoms with van der Waals surface area (Å²) in [6.07, 6.45) is 1.58. The van der Waals surface area contributed by atoms with Gasteiger partial charge in [0.05, 0.1) is 18.1 Å². The van der Waals surface area contributed by atoms with Gasteiger partial charge >= 0.3 is 0 Å². The first-order valence-electron chi connectivity index (χ1n) is 5.37. The highest BCUT2D eigenvalue weighted by molar-refractivity contribution is 5.82. The third-order valence-corrected chi connectivity index (χ3v) is 2.32. The molecule has 5 nitrogen and oxygen atoms in total. The van der Waals surface area contributed by atoms with Gasteiger partial charge in [-0.1, -0.05) is 11.8 Å². The number of H-pyrrole nitrogens is 1. The highest BCUT2D eigenvalue weighted by Gasteiger charge is 1.98. The van der Waals surface area contributed by atoms with Gasteiger partial charge in [-0.2, -0.15) is 5.10 Å². The highest BCUT2D eigenvalue weighted by Crippen LogP contribution is 2.09. The Balaban J connectivity index is 2.25. The molecule has 18 heavy (non-hydrogen) atoms. The van der Waals surface area contributed by atoms with E-state index in [0.717, 1.165) is 10.9 Å². The first-order valence-corrected chi connectivity index (χ1v) is 5.37. The number of carbonyl (C=O) groups is 1. The van der Waals surface area contributed by atoms with Crippen LogP contribution in [0.1, 0.15) is 12.5 Å². The van der Waals surface area contributed by atoms with Gasteiger partial charge in [-0.15, -0.1) is 0 Å². The number of aromatic amines is 1. The molecule has 0 spiro atoms. The fourth-order valence-electron chi connectivity index (χ4n) is 1.49. The number of aromatic nitrogens is 2. The summed E-state index contributed by atoms with van der Waals surface area (Å²) in [6.45, 7) is 1.75. The van der Waals surface area contributed by atoms with E-state index in [-0.39, 0.29) is 11.5 Å². The second-order valence-electron chi connectivity index (χ2n) is 3.71. The predicted octanol–water partition coefficient (Wildman–Crippen LogP) is 0.411. The second kappa shape index (κ2) is 5.15. The lowest BCUT2D eigenvalue weighted by Gasteiger charge is -1.96. The van der Waals surface area contributed by atoms with E-state index in [9.17, 15) is 9.59 Å². The minimum Gasteiger partial charge on any atom is -0.345 e. The van der Waals surface area contributed by atoms with Crippen molar-refractivity contribution in [1.82, 2.24) is 15.5 Å². The molecule has 90 valence electrons. The number of hydrogen-bond donors (Lipinski definition) is 2. The molecule has 1 aromatic heterocycles. The molecule has 0 aliphatic rings. The van der Waals surface area contributed by atoms with Gasteiger partial charge in [0, 0.05) is 17.9 Å². The number of nitrogens with zero attached hydrogens (tertiary/aromatic N) is 1. The van der Waals surface area contributed by atoms with Crippen molar-refractivity contribution in [1.29, 1.82) is 0 Å². The molecule has 0 saturated carbocycles. The third kappa shape index (κ3) is 2.74. The molecule has 2 aromatic rings. The van der Waals surface area contributed by atoms with Crippen LogP contribution in [0.2, 0.25) is 0 Å². The lowest BCUT2D eigenvalue weighted by atomic mass is 10.1. The summed E-state index contributed by atoms with van der Waals surface area (Å²) in [6, 6.07) is 5.26. The Morgan fingerprint density at radius 1 is 1.50 bits per heavy atom. The summed E-state index contributed by atoms with van der Waals surface area (Å²) >= 11 is 0. The molecule has 0 bridgehead atoms. The van der Waals surface area contributed by atoms with Crippen molar-refractivity contribution >= 4 is 16.7 Å². The van der Waals surface area contributed by atoms with Crippen molar-refractivity contribution in [3.05, 3.63) is 40.3 Å². The number of fused-ring (bicyclic) bond motifs is 1. The number of benzene rings is 1. The number of nitrogens with one attached hydrogen (secondary N) is 2. The van der Waals surface area contributed by atoms with Gasteiger partial charge < -0.3 is 5.32 Å². The molecule has 1 amide bonds. The monoisotopic (exact) mass is 241 g/mol. The average molecular weight is 241 g/mol. The van der Waals surface area contributed by atoms with Crippen LogP contribution in [-0.2, 0) is 4.79 Å². The predicted molar refractivity (Wildman–Crippen MR) is 67.9 cm³/mol. The van der Waals surface area contributed by atoms with E-state index in [1.165, 1.54) is 6.92 Å². The molecule has 5 heteroatoms. The minimum absolute atomic E-state index is 0.112. The summed E-state index contributed by atoms with van der Waals surface area (Å²) in [4.78, 5) is 22.1. The van der Waals surface area contributed by atoms with Crippen LogP contribution < -0.4 is 10.9 Å². The van der Waals surface area contributed by atoms with E-state index in [0.29, 0.717) is 11.9 Å². The zero-order chi connectivity index (χ0) is 13.0. The van der Waals surface area contributed by atoms with Crippen LogP contribution >= 0.6 is 0 Å². The molecule has 0 aliphatic carbocycles. The van der Waals surface area contributed by atoms with E-state index in [1.54, 1.807) is 24.4 Å². The van der Waals surface area contributed by atoms with Crippen molar-refractivity contribution in [3.8, 4) is 11.8 Å². The Labute approximate surface area is 103 Å². The maximum Gasteiger partial charge on any atom is 0.272 e. The molecule has 0 fully saturated rings. The molecule has 0 saturated heterocycles. The van der Waals surface area contributed by atoms with Gasteiger partial charge in [0.2, 0.25) is 5.91 Å². The number of rotatable bonds is 1. The fraction of sp³-hybridized carbons (Fsp3) is 0.154. The molecule has 2 N–H and O–H groups in total. The summed E-state index contributed by atoms with van der Waals surface area (Å²) < 4.78 is 0. The van der Waals surface area contributed by atoms with Crippen molar-refractivity contribution in [3.63, 3.8) is 0 Å². The first-order chi connectivity index (χ1) is 8.66. The van der Waals surface area contributed by atoms with Gasteiger partial charge in [-0.3, -0.25) is 9.59 Å². The molecule has 2 rings (SSSR count). The van der Waals surface area contributed by atoms with Gasteiger partial charge in [-0.25, -0.2) is 5.10 Å². The van der Waals surface area contributed by atoms with E-state index in [2.05, 4.69) is 27.4 Å². The molecular weight excluding hydrogens is 230 g/mol. The average Bonchev–Trinajstić information content (AvgIpc) is 2.35. The van der Waals surface area contributed by atoms with Gasteiger partial charge in [-0.05, 0) is 18.2 Å². The zero-order valence-corrected chi connectivity index (χ0v) is 9.78. The van der Waals surface area contributed by atoms with Crippen molar-refractivity contribution < 1.29 is 4.79 Å². The van der Waals surface area contributed by atoms with E-state index in [1.807, 2.05) is 0 Å². The van der Waals surface area contributed by atoms with Crippen LogP contribution in [0.3, 0.4) is 0 Å². The third-order valence-electron chi connectivity index (χ3n) is 2.32. The van der Waals surface area contributed by atoms with Crippen molar-refractivity contribution in [2.24, 2.45) is 0 Å². The molecule has 0 radical (unpaired) electrons. The Kier molecular flexibility index (Phi) is 3.39. The van der Waals surface area contributed by atoms with E-state index >= 15 is 0 Å². The number of hydrogen-bond acceptors (Lipinski definition) is 3. The van der Waals surface area contributed by atoms with Gasteiger partial charge in [0.15, 0.2) is 0 Å². The maximum absolute atomic E-state index is 11.4. The van der Waals surface area contributed by atoms with E-state index in [4.69, 9.17) is 0 Å². The molecule has 0 aliphatic heterocycles. The normalized spacial score (nSPS) is 9.61. The van der Waals surface area contributed by atoms with Crippen LogP contribution in [0.5, 0.6) is 0 Å². The maximum atomic E-state index is 11.4. The standard InChI is InChI=1S/C13H11N3O2/c1-9(17)14-6-2-3-10-4-5-12-11(7-10)8-15-16-13(12)18/h4-5,7-8H,6H2,1H3,(H,14,17)(H,16,18). The van der Waals surface area contributed by atoms with Gasteiger partial charge in [0.1, 0.15) is 0 Å². The Morgan fingerprint density at radius 2 is 2.33 bits per heavy atom.